The molecule has 8 nitrogen and oxygen atoms in total. The molecule has 34 heavy (non-hydrogen) atoms. The van der Waals surface area contributed by atoms with Crippen LogP contribution in [0.25, 0.3) is 11.4 Å². The van der Waals surface area contributed by atoms with E-state index in [9.17, 15) is 9.59 Å². The number of nitrogens with one attached hydrogen (secondary N) is 2. The van der Waals surface area contributed by atoms with Gasteiger partial charge in [0.25, 0.3) is 0 Å². The number of H-pyrrole nitrogens is 1. The predicted molar refractivity (Wildman–Crippen MR) is 128 cm³/mol. The topological polar surface area (TPSA) is 100 Å². The highest BCUT2D eigenvalue weighted by Gasteiger charge is 2.29. The standard InChI is InChI=1S/C26H29N5O3/c32-23(13-15-34-22-9-2-1-3-10-22)31-14-5-7-20(17-31)26(33)27-21-8-4-6-19(16-21)25-28-24(29-30-25)18-11-12-18/h1-4,6,8-10,16,18,20H,5,7,11-15,17H2,(H,27,33)(H,28,29,30). The second-order valence-electron chi connectivity index (χ2n) is 8.98. The summed E-state index contributed by atoms with van der Waals surface area (Å²) in [5, 5.41) is 10.4. The van der Waals surface area contributed by atoms with Crippen molar-refractivity contribution < 1.29 is 14.3 Å². The largest absolute Gasteiger partial charge is 0.493 e. The summed E-state index contributed by atoms with van der Waals surface area (Å²) in [6.45, 7) is 1.44. The van der Waals surface area contributed by atoms with E-state index in [-0.39, 0.29) is 17.7 Å². The minimum atomic E-state index is -0.235. The van der Waals surface area contributed by atoms with Crippen LogP contribution in [-0.4, -0.2) is 51.6 Å². The fourth-order valence-corrected chi connectivity index (χ4v) is 4.27. The van der Waals surface area contributed by atoms with Crippen LogP contribution in [0.15, 0.2) is 54.6 Å². The van der Waals surface area contributed by atoms with E-state index in [2.05, 4.69) is 20.5 Å². The van der Waals surface area contributed by atoms with Crippen LogP contribution >= 0.6 is 0 Å². The van der Waals surface area contributed by atoms with Gasteiger partial charge < -0.3 is 15.0 Å². The van der Waals surface area contributed by atoms with Crippen molar-refractivity contribution in [1.82, 2.24) is 20.1 Å². The molecular formula is C26H29N5O3. The zero-order valence-corrected chi connectivity index (χ0v) is 19.1. The summed E-state index contributed by atoms with van der Waals surface area (Å²) in [6.07, 6.45) is 4.19. The predicted octanol–water partition coefficient (Wildman–Crippen LogP) is 4.00. The minimum Gasteiger partial charge on any atom is -0.493 e. The van der Waals surface area contributed by atoms with E-state index in [0.717, 1.165) is 42.8 Å². The van der Waals surface area contributed by atoms with Crippen LogP contribution in [0, 0.1) is 5.92 Å². The van der Waals surface area contributed by atoms with E-state index < -0.39 is 0 Å². The second kappa shape index (κ2) is 10.1. The molecule has 1 unspecified atom stereocenters. The molecule has 1 aliphatic carbocycles. The summed E-state index contributed by atoms with van der Waals surface area (Å²) < 4.78 is 5.65. The summed E-state index contributed by atoms with van der Waals surface area (Å²) in [7, 11) is 0. The van der Waals surface area contributed by atoms with Crippen LogP contribution in [0.4, 0.5) is 5.69 Å². The van der Waals surface area contributed by atoms with Crippen molar-refractivity contribution in [3.63, 3.8) is 0 Å². The molecule has 2 heterocycles. The number of ether oxygens (including phenoxy) is 1. The van der Waals surface area contributed by atoms with Gasteiger partial charge in [-0.2, -0.15) is 5.10 Å². The Hall–Kier alpha value is -3.68. The van der Waals surface area contributed by atoms with Gasteiger partial charge >= 0.3 is 0 Å². The molecule has 1 saturated heterocycles. The number of hydrogen-bond donors (Lipinski definition) is 2. The Labute approximate surface area is 198 Å². The molecule has 1 aromatic heterocycles. The lowest BCUT2D eigenvalue weighted by molar-refractivity contribution is -0.135. The van der Waals surface area contributed by atoms with Gasteiger partial charge in [-0.15, -0.1) is 0 Å². The molecule has 176 valence electrons. The van der Waals surface area contributed by atoms with E-state index in [0.29, 0.717) is 43.5 Å². The van der Waals surface area contributed by atoms with Crippen LogP contribution in [0.1, 0.15) is 43.8 Å². The molecule has 2 N–H and O–H groups in total. The van der Waals surface area contributed by atoms with Gasteiger partial charge in [-0.05, 0) is 49.9 Å². The molecule has 3 aromatic rings. The van der Waals surface area contributed by atoms with Crippen molar-refractivity contribution in [2.75, 3.05) is 25.0 Å². The fourth-order valence-electron chi connectivity index (χ4n) is 4.27. The van der Waals surface area contributed by atoms with E-state index in [1.165, 1.54) is 0 Å². The molecule has 1 aliphatic heterocycles. The Kier molecular flexibility index (Phi) is 6.56. The van der Waals surface area contributed by atoms with Gasteiger partial charge in [0.05, 0.1) is 18.9 Å². The number of aromatic nitrogens is 3. The van der Waals surface area contributed by atoms with Gasteiger partial charge in [-0.1, -0.05) is 30.3 Å². The first-order valence-corrected chi connectivity index (χ1v) is 11.9. The lowest BCUT2D eigenvalue weighted by Gasteiger charge is -2.32. The summed E-state index contributed by atoms with van der Waals surface area (Å²) >= 11 is 0. The number of hydrogen-bond acceptors (Lipinski definition) is 5. The third-order valence-electron chi connectivity index (χ3n) is 6.33. The Bertz CT molecular complexity index is 1140. The number of piperidine rings is 1. The lowest BCUT2D eigenvalue weighted by Crippen LogP contribution is -2.44. The number of benzene rings is 2. The highest BCUT2D eigenvalue weighted by atomic mass is 16.5. The summed E-state index contributed by atoms with van der Waals surface area (Å²) in [4.78, 5) is 32.0. The molecule has 0 bridgehead atoms. The minimum absolute atomic E-state index is 0.0199. The van der Waals surface area contributed by atoms with Crippen LogP contribution in [0.5, 0.6) is 5.75 Å². The first kappa shape index (κ1) is 22.1. The lowest BCUT2D eigenvalue weighted by atomic mass is 9.96. The van der Waals surface area contributed by atoms with Crippen LogP contribution < -0.4 is 10.1 Å². The highest BCUT2D eigenvalue weighted by molar-refractivity contribution is 5.93. The van der Waals surface area contributed by atoms with E-state index in [4.69, 9.17) is 4.74 Å². The fraction of sp³-hybridized carbons (Fsp3) is 0.385. The number of aromatic amines is 1. The number of likely N-dealkylation sites (tertiary alicyclic amines) is 1. The second-order valence-corrected chi connectivity index (χ2v) is 8.98. The molecule has 0 radical (unpaired) electrons. The molecule has 2 aliphatic rings. The van der Waals surface area contributed by atoms with Gasteiger partial charge in [0.1, 0.15) is 11.6 Å². The van der Waals surface area contributed by atoms with E-state index in [1.54, 1.807) is 4.90 Å². The number of carbonyl (C=O) groups is 2. The van der Waals surface area contributed by atoms with Crippen molar-refractivity contribution in [1.29, 1.82) is 0 Å². The normalized spacial score (nSPS) is 17.9. The molecule has 2 amide bonds. The number of para-hydroxylation sites is 1. The molecule has 0 spiro atoms. The maximum atomic E-state index is 13.0. The summed E-state index contributed by atoms with van der Waals surface area (Å²) in [5.41, 5.74) is 1.57. The molecular weight excluding hydrogens is 430 g/mol. The summed E-state index contributed by atoms with van der Waals surface area (Å²) in [6, 6.07) is 17.0. The van der Waals surface area contributed by atoms with Gasteiger partial charge in [0.2, 0.25) is 11.8 Å². The molecule has 1 atom stereocenters. The van der Waals surface area contributed by atoms with Crippen LogP contribution in [0.3, 0.4) is 0 Å². The Morgan fingerprint density at radius 1 is 1.09 bits per heavy atom. The SMILES string of the molecule is O=C(Nc1cccc(-c2n[nH]c(C3CC3)n2)c1)C1CCCN(C(=O)CCOc2ccccc2)C1. The quantitative estimate of drug-likeness (QED) is 0.530. The molecule has 8 heteroatoms. The average Bonchev–Trinajstić information content (AvgIpc) is 3.61. The average molecular weight is 460 g/mol. The smallest absolute Gasteiger partial charge is 0.229 e. The van der Waals surface area contributed by atoms with Gasteiger partial charge in [-0.25, -0.2) is 4.98 Å². The van der Waals surface area contributed by atoms with E-state index in [1.807, 2.05) is 54.6 Å². The Balaban J connectivity index is 1.14. The van der Waals surface area contributed by atoms with Crippen molar-refractivity contribution in [3.8, 4) is 17.1 Å². The first-order chi connectivity index (χ1) is 16.7. The molecule has 2 fully saturated rings. The van der Waals surface area contributed by atoms with Crippen LogP contribution in [-0.2, 0) is 9.59 Å². The maximum Gasteiger partial charge on any atom is 0.229 e. The molecule has 2 aromatic carbocycles. The van der Waals surface area contributed by atoms with Crippen molar-refractivity contribution in [2.24, 2.45) is 5.92 Å². The van der Waals surface area contributed by atoms with Crippen molar-refractivity contribution in [2.45, 2.75) is 38.0 Å². The number of amides is 2. The number of anilines is 1. The zero-order valence-electron chi connectivity index (χ0n) is 19.1. The van der Waals surface area contributed by atoms with Crippen LogP contribution in [0.2, 0.25) is 0 Å². The molecule has 5 rings (SSSR count). The van der Waals surface area contributed by atoms with Crippen molar-refractivity contribution >= 4 is 17.5 Å². The first-order valence-electron chi connectivity index (χ1n) is 11.9. The Morgan fingerprint density at radius 3 is 2.76 bits per heavy atom. The highest BCUT2D eigenvalue weighted by Crippen LogP contribution is 2.38. The van der Waals surface area contributed by atoms with E-state index >= 15 is 0 Å². The van der Waals surface area contributed by atoms with Gasteiger partial charge in [-0.3, -0.25) is 14.7 Å². The number of rotatable bonds is 8. The number of carbonyl (C=O) groups excluding carboxylic acids is 2. The van der Waals surface area contributed by atoms with Crippen molar-refractivity contribution in [3.05, 3.63) is 60.4 Å². The van der Waals surface area contributed by atoms with Gasteiger partial charge in [0.15, 0.2) is 5.82 Å². The third kappa shape index (κ3) is 5.44. The zero-order chi connectivity index (χ0) is 23.3. The monoisotopic (exact) mass is 459 g/mol. The summed E-state index contributed by atoms with van der Waals surface area (Å²) in [5.74, 6) is 2.56. The Morgan fingerprint density at radius 2 is 1.94 bits per heavy atom. The molecule has 1 saturated carbocycles. The third-order valence-corrected chi connectivity index (χ3v) is 6.33. The number of nitrogens with zero attached hydrogens (tertiary/aromatic N) is 3. The maximum absolute atomic E-state index is 13.0. The van der Waals surface area contributed by atoms with Gasteiger partial charge in [0, 0.05) is 30.3 Å².